The van der Waals surface area contributed by atoms with Crippen LogP contribution in [0.25, 0.3) is 0 Å². The van der Waals surface area contributed by atoms with Crippen LogP contribution < -0.4 is 0 Å². The van der Waals surface area contributed by atoms with Gasteiger partial charge in [-0.2, -0.15) is 0 Å². The Labute approximate surface area is 135 Å². The van der Waals surface area contributed by atoms with E-state index in [0.717, 1.165) is 12.0 Å². The van der Waals surface area contributed by atoms with E-state index in [2.05, 4.69) is 39.9 Å². The maximum Gasteiger partial charge on any atom is 0.205 e. The van der Waals surface area contributed by atoms with Crippen molar-refractivity contribution < 1.29 is 19.0 Å². The van der Waals surface area contributed by atoms with E-state index in [0.29, 0.717) is 6.61 Å². The molecule has 126 valence electrons. The van der Waals surface area contributed by atoms with Crippen molar-refractivity contribution in [2.45, 2.75) is 51.6 Å². The summed E-state index contributed by atoms with van der Waals surface area (Å²) in [6.45, 7) is 12.0. The standard InChI is InChI=1S/C17H30O4Si/c1-17(2,3)22(5,6)21-11-12-7-8-14-13(9-18)10-20-16(19-4)15(12)14/h7,10,14-16,18H,8-9,11H2,1-6H3/t14-,15-,16-/m1/s1. The third kappa shape index (κ3) is 3.32. The summed E-state index contributed by atoms with van der Waals surface area (Å²) in [7, 11) is -0.102. The second-order valence-electron chi connectivity index (χ2n) is 7.79. The molecule has 0 fully saturated rings. The SMILES string of the molecule is CO[C@@H]1OC=C(CO)[C@H]2CC=C(CO[Si](C)(C)C(C)(C)C)[C@@H]12. The summed E-state index contributed by atoms with van der Waals surface area (Å²) in [5, 5.41) is 9.71. The molecule has 5 heteroatoms. The van der Waals surface area contributed by atoms with Crippen LogP contribution in [-0.2, 0) is 13.9 Å². The maximum atomic E-state index is 9.51. The molecule has 4 nitrogen and oxygen atoms in total. The van der Waals surface area contributed by atoms with Gasteiger partial charge in [0.05, 0.1) is 25.4 Å². The van der Waals surface area contributed by atoms with Crippen molar-refractivity contribution >= 4 is 8.32 Å². The van der Waals surface area contributed by atoms with E-state index < -0.39 is 8.32 Å². The van der Waals surface area contributed by atoms with Crippen molar-refractivity contribution in [3.63, 3.8) is 0 Å². The van der Waals surface area contributed by atoms with E-state index in [1.165, 1.54) is 5.57 Å². The number of allylic oxidation sites excluding steroid dienone is 1. The molecule has 0 saturated heterocycles. The lowest BCUT2D eigenvalue weighted by Crippen LogP contribution is -2.42. The lowest BCUT2D eigenvalue weighted by molar-refractivity contribution is -0.130. The van der Waals surface area contributed by atoms with Gasteiger partial charge in [0.25, 0.3) is 0 Å². The van der Waals surface area contributed by atoms with E-state index in [4.69, 9.17) is 13.9 Å². The van der Waals surface area contributed by atoms with Gasteiger partial charge in [-0.05, 0) is 35.7 Å². The third-order valence-electron chi connectivity index (χ3n) is 5.44. The first-order valence-electron chi connectivity index (χ1n) is 8.02. The largest absolute Gasteiger partial charge is 0.472 e. The lowest BCUT2D eigenvalue weighted by atomic mass is 9.84. The van der Waals surface area contributed by atoms with Gasteiger partial charge in [0.2, 0.25) is 6.29 Å². The number of ether oxygens (including phenoxy) is 2. The summed E-state index contributed by atoms with van der Waals surface area (Å²) in [5.41, 5.74) is 2.21. The molecular weight excluding hydrogens is 296 g/mol. The van der Waals surface area contributed by atoms with E-state index in [-0.39, 0.29) is 29.8 Å². The average molecular weight is 327 g/mol. The first kappa shape index (κ1) is 17.7. The quantitative estimate of drug-likeness (QED) is 0.621. The minimum Gasteiger partial charge on any atom is -0.472 e. The fourth-order valence-corrected chi connectivity index (χ4v) is 3.85. The molecule has 2 aliphatic rings. The third-order valence-corrected chi connectivity index (χ3v) is 9.92. The number of methoxy groups -OCH3 is 1. The summed E-state index contributed by atoms with van der Waals surface area (Å²) in [5.74, 6) is 0.434. The van der Waals surface area contributed by atoms with Crippen molar-refractivity contribution in [3.05, 3.63) is 23.5 Å². The van der Waals surface area contributed by atoms with Gasteiger partial charge in [-0.15, -0.1) is 0 Å². The smallest absolute Gasteiger partial charge is 0.205 e. The van der Waals surface area contributed by atoms with Gasteiger partial charge >= 0.3 is 0 Å². The zero-order valence-electron chi connectivity index (χ0n) is 14.7. The minimum absolute atomic E-state index is 0.0435. The molecule has 0 amide bonds. The van der Waals surface area contributed by atoms with Gasteiger partial charge in [0.1, 0.15) is 0 Å². The topological polar surface area (TPSA) is 47.9 Å². The number of aliphatic hydroxyl groups excluding tert-OH is 1. The Bertz CT molecular complexity index is 462. The Morgan fingerprint density at radius 3 is 2.55 bits per heavy atom. The molecule has 0 aromatic heterocycles. The molecule has 1 N–H and O–H groups in total. The van der Waals surface area contributed by atoms with Crippen molar-refractivity contribution in [2.24, 2.45) is 11.8 Å². The highest BCUT2D eigenvalue weighted by Crippen LogP contribution is 2.44. The molecule has 0 radical (unpaired) electrons. The van der Waals surface area contributed by atoms with Crippen LogP contribution in [0.2, 0.25) is 18.1 Å². The summed E-state index contributed by atoms with van der Waals surface area (Å²) in [4.78, 5) is 0. The normalized spacial score (nSPS) is 28.8. The van der Waals surface area contributed by atoms with Crippen LogP contribution in [0.15, 0.2) is 23.5 Å². The highest BCUT2D eigenvalue weighted by atomic mass is 28.4. The maximum absolute atomic E-state index is 9.51. The molecule has 0 aromatic carbocycles. The van der Waals surface area contributed by atoms with Gasteiger partial charge in [-0.25, -0.2) is 0 Å². The number of hydrogen-bond donors (Lipinski definition) is 1. The van der Waals surface area contributed by atoms with Crippen LogP contribution in [0.1, 0.15) is 27.2 Å². The van der Waals surface area contributed by atoms with Crippen LogP contribution in [-0.4, -0.2) is 40.0 Å². The monoisotopic (exact) mass is 326 g/mol. The summed E-state index contributed by atoms with van der Waals surface area (Å²) in [6.07, 6.45) is 4.56. The fraction of sp³-hybridized carbons (Fsp3) is 0.765. The Morgan fingerprint density at radius 1 is 1.32 bits per heavy atom. The second-order valence-corrected chi connectivity index (χ2v) is 12.6. The molecular formula is C17H30O4Si. The minimum atomic E-state index is -1.77. The summed E-state index contributed by atoms with van der Waals surface area (Å²) in [6, 6.07) is 0. The van der Waals surface area contributed by atoms with Crippen LogP contribution in [0.4, 0.5) is 0 Å². The molecule has 1 aliphatic heterocycles. The molecule has 0 aromatic rings. The Balaban J connectivity index is 2.09. The van der Waals surface area contributed by atoms with Crippen LogP contribution in [0.3, 0.4) is 0 Å². The van der Waals surface area contributed by atoms with Crippen molar-refractivity contribution in [1.82, 2.24) is 0 Å². The lowest BCUT2D eigenvalue weighted by Gasteiger charge is -2.38. The molecule has 0 bridgehead atoms. The van der Waals surface area contributed by atoms with Gasteiger partial charge < -0.3 is 19.0 Å². The highest BCUT2D eigenvalue weighted by Gasteiger charge is 2.43. The molecule has 1 heterocycles. The molecule has 3 atom stereocenters. The van der Waals surface area contributed by atoms with Crippen LogP contribution >= 0.6 is 0 Å². The van der Waals surface area contributed by atoms with Crippen molar-refractivity contribution in [1.29, 1.82) is 0 Å². The molecule has 0 saturated carbocycles. The van der Waals surface area contributed by atoms with Crippen LogP contribution in [0.5, 0.6) is 0 Å². The molecule has 22 heavy (non-hydrogen) atoms. The van der Waals surface area contributed by atoms with Crippen molar-refractivity contribution in [3.8, 4) is 0 Å². The molecule has 2 rings (SSSR count). The number of hydrogen-bond acceptors (Lipinski definition) is 4. The Hall–Kier alpha value is -0.623. The average Bonchev–Trinajstić information content (AvgIpc) is 2.87. The first-order valence-corrected chi connectivity index (χ1v) is 10.9. The molecule has 0 spiro atoms. The molecule has 1 aliphatic carbocycles. The van der Waals surface area contributed by atoms with E-state index in [1.807, 2.05) is 0 Å². The Kier molecular flexibility index (Phi) is 5.22. The predicted molar refractivity (Wildman–Crippen MR) is 89.9 cm³/mol. The predicted octanol–water partition coefficient (Wildman–Crippen LogP) is 3.45. The Morgan fingerprint density at radius 2 is 2.00 bits per heavy atom. The van der Waals surface area contributed by atoms with Gasteiger partial charge in [-0.1, -0.05) is 26.8 Å². The van der Waals surface area contributed by atoms with Gasteiger partial charge in [0, 0.05) is 13.0 Å². The summed E-state index contributed by atoms with van der Waals surface area (Å²) < 4.78 is 17.5. The number of fused-ring (bicyclic) bond motifs is 1. The highest BCUT2D eigenvalue weighted by molar-refractivity contribution is 6.74. The van der Waals surface area contributed by atoms with Gasteiger partial charge in [-0.3, -0.25) is 0 Å². The fourth-order valence-electron chi connectivity index (χ4n) is 2.88. The number of rotatable bonds is 5. The number of aliphatic hydroxyl groups is 1. The zero-order chi connectivity index (χ0) is 16.5. The zero-order valence-corrected chi connectivity index (χ0v) is 15.7. The van der Waals surface area contributed by atoms with Crippen LogP contribution in [0, 0.1) is 11.8 Å². The van der Waals surface area contributed by atoms with Crippen molar-refractivity contribution in [2.75, 3.05) is 20.3 Å². The van der Waals surface area contributed by atoms with E-state index in [1.54, 1.807) is 13.4 Å². The first-order chi connectivity index (χ1) is 10.2. The van der Waals surface area contributed by atoms with E-state index >= 15 is 0 Å². The van der Waals surface area contributed by atoms with Gasteiger partial charge in [0.15, 0.2) is 8.32 Å². The van der Waals surface area contributed by atoms with E-state index in [9.17, 15) is 5.11 Å². The second kappa shape index (κ2) is 6.47. The summed E-state index contributed by atoms with van der Waals surface area (Å²) >= 11 is 0. The molecule has 0 unspecified atom stereocenters.